The van der Waals surface area contributed by atoms with Gasteiger partial charge >= 0.3 is 12.5 Å². The van der Waals surface area contributed by atoms with Crippen LogP contribution in [0.4, 0.5) is 41.1 Å². The number of halogens is 6. The molecule has 37 heavy (non-hydrogen) atoms. The lowest BCUT2D eigenvalue weighted by atomic mass is 10.2. The number of alkyl halides is 4. The molecule has 196 valence electrons. The number of nitrogens with zero attached hydrogens (tertiary/aromatic N) is 6. The van der Waals surface area contributed by atoms with Crippen LogP contribution in [0.15, 0.2) is 52.7 Å². The summed E-state index contributed by atoms with van der Waals surface area (Å²) >= 11 is 12.0. The number of rotatable bonds is 9. The quantitative estimate of drug-likeness (QED) is 0.243. The molecule has 1 aliphatic heterocycles. The molecule has 9 nitrogen and oxygen atoms in total. The van der Waals surface area contributed by atoms with E-state index in [-0.39, 0.29) is 18.4 Å². The molecule has 0 atom stereocenters. The SMILES string of the molecule is FC(F)C(F)(F)Oc1ccc(Nc2nc(N=NCc3ccc(Cl)c(Cl)c3)nc(N3CCOCC3)n2)cc1. The molecule has 0 unspecified atom stereocenters. The van der Waals surface area contributed by atoms with E-state index in [0.29, 0.717) is 48.0 Å². The van der Waals surface area contributed by atoms with Gasteiger partial charge in [-0.2, -0.15) is 37.6 Å². The lowest BCUT2D eigenvalue weighted by Crippen LogP contribution is -2.37. The Morgan fingerprint density at radius 3 is 2.43 bits per heavy atom. The van der Waals surface area contributed by atoms with Crippen molar-refractivity contribution in [3.05, 3.63) is 58.1 Å². The van der Waals surface area contributed by atoms with Crippen LogP contribution in [-0.4, -0.2) is 53.8 Å². The monoisotopic (exact) mass is 559 g/mol. The van der Waals surface area contributed by atoms with Crippen molar-refractivity contribution in [2.75, 3.05) is 36.5 Å². The van der Waals surface area contributed by atoms with Crippen molar-refractivity contribution in [1.29, 1.82) is 0 Å². The first-order valence-corrected chi connectivity index (χ1v) is 11.6. The summed E-state index contributed by atoms with van der Waals surface area (Å²) in [5, 5.41) is 12.0. The fourth-order valence-corrected chi connectivity index (χ4v) is 3.44. The average Bonchev–Trinajstić information content (AvgIpc) is 2.87. The summed E-state index contributed by atoms with van der Waals surface area (Å²) in [5.74, 6) is 0.0280. The van der Waals surface area contributed by atoms with Gasteiger partial charge in [0.05, 0.1) is 29.8 Å². The molecule has 3 aromatic rings. The fourth-order valence-electron chi connectivity index (χ4n) is 3.11. The number of hydrogen-bond acceptors (Lipinski definition) is 9. The van der Waals surface area contributed by atoms with Gasteiger partial charge in [-0.05, 0) is 42.0 Å². The predicted molar refractivity (Wildman–Crippen MR) is 129 cm³/mol. The molecule has 0 bridgehead atoms. The molecule has 15 heteroatoms. The minimum Gasteiger partial charge on any atom is -0.428 e. The Labute approximate surface area is 218 Å². The Morgan fingerprint density at radius 2 is 1.76 bits per heavy atom. The van der Waals surface area contributed by atoms with Gasteiger partial charge in [0.2, 0.25) is 11.9 Å². The number of anilines is 3. The first-order valence-electron chi connectivity index (χ1n) is 10.8. The third-order valence-corrected chi connectivity index (χ3v) is 5.66. The summed E-state index contributed by atoms with van der Waals surface area (Å²) < 4.78 is 60.4. The summed E-state index contributed by atoms with van der Waals surface area (Å²) in [4.78, 5) is 14.9. The van der Waals surface area contributed by atoms with Crippen LogP contribution in [0.5, 0.6) is 5.75 Å². The van der Waals surface area contributed by atoms with Crippen molar-refractivity contribution in [3.8, 4) is 5.75 Å². The van der Waals surface area contributed by atoms with E-state index in [1.165, 1.54) is 12.1 Å². The van der Waals surface area contributed by atoms with E-state index in [4.69, 9.17) is 27.9 Å². The maximum Gasteiger partial charge on any atom is 0.461 e. The Morgan fingerprint density at radius 1 is 1.03 bits per heavy atom. The van der Waals surface area contributed by atoms with Gasteiger partial charge in [-0.15, -0.1) is 5.11 Å². The first kappa shape index (κ1) is 26.8. The van der Waals surface area contributed by atoms with E-state index in [1.807, 2.05) is 4.90 Å². The zero-order chi connectivity index (χ0) is 26.4. The van der Waals surface area contributed by atoms with Crippen LogP contribution >= 0.6 is 23.2 Å². The number of benzene rings is 2. The smallest absolute Gasteiger partial charge is 0.428 e. The predicted octanol–water partition coefficient (Wildman–Crippen LogP) is 6.28. The van der Waals surface area contributed by atoms with Crippen LogP contribution < -0.4 is 15.0 Å². The van der Waals surface area contributed by atoms with Crippen molar-refractivity contribution in [3.63, 3.8) is 0 Å². The Bertz CT molecular complexity index is 1250. The minimum absolute atomic E-state index is 0.0237. The van der Waals surface area contributed by atoms with E-state index in [2.05, 4.69) is 35.2 Å². The summed E-state index contributed by atoms with van der Waals surface area (Å²) in [6.45, 7) is 2.28. The third kappa shape index (κ3) is 7.37. The van der Waals surface area contributed by atoms with Gasteiger partial charge in [0.15, 0.2) is 0 Å². The molecular formula is C22H19Cl2F4N7O2. The molecule has 1 aromatic heterocycles. The largest absolute Gasteiger partial charge is 0.461 e. The fraction of sp³-hybridized carbons (Fsp3) is 0.318. The molecule has 0 aliphatic carbocycles. The van der Waals surface area contributed by atoms with Gasteiger partial charge in [-0.25, -0.2) is 0 Å². The Balaban J connectivity index is 1.52. The van der Waals surface area contributed by atoms with Crippen LogP contribution in [0.1, 0.15) is 5.56 Å². The standard InChI is InChI=1S/C22H19Cl2F4N7O2/c23-16-6-1-13(11-17(16)24)12-29-34-20-31-19(32-21(33-20)35-7-9-36-10-8-35)30-14-2-4-15(5-3-14)37-22(27,28)18(25)26/h1-6,11,18H,7-10,12H2,(H,30,31,32,33). The molecule has 2 heterocycles. The summed E-state index contributed by atoms with van der Waals surface area (Å²) in [7, 11) is 0. The van der Waals surface area contributed by atoms with Crippen LogP contribution in [0.3, 0.4) is 0 Å². The molecule has 1 saturated heterocycles. The van der Waals surface area contributed by atoms with Crippen LogP contribution in [0, 0.1) is 0 Å². The average molecular weight is 560 g/mol. The lowest BCUT2D eigenvalue weighted by molar-refractivity contribution is -0.253. The van der Waals surface area contributed by atoms with E-state index in [0.717, 1.165) is 17.7 Å². The second-order valence-corrected chi connectivity index (χ2v) is 8.43. The molecular weight excluding hydrogens is 541 g/mol. The summed E-state index contributed by atoms with van der Waals surface area (Å²) in [5.41, 5.74) is 1.16. The second kappa shape index (κ2) is 11.8. The number of hydrogen-bond donors (Lipinski definition) is 1. The number of aromatic nitrogens is 3. The minimum atomic E-state index is -4.60. The van der Waals surface area contributed by atoms with Crippen molar-refractivity contribution >= 4 is 46.7 Å². The number of nitrogens with one attached hydrogen (secondary N) is 1. The second-order valence-electron chi connectivity index (χ2n) is 7.62. The van der Waals surface area contributed by atoms with Crippen LogP contribution in [0.2, 0.25) is 10.0 Å². The van der Waals surface area contributed by atoms with Crippen LogP contribution in [-0.2, 0) is 11.3 Å². The summed E-state index contributed by atoms with van der Waals surface area (Å²) in [6.07, 6.45) is -8.56. The van der Waals surface area contributed by atoms with Crippen molar-refractivity contribution in [2.24, 2.45) is 10.2 Å². The van der Waals surface area contributed by atoms with E-state index >= 15 is 0 Å². The Kier molecular flexibility index (Phi) is 8.56. The zero-order valence-electron chi connectivity index (χ0n) is 18.9. The van der Waals surface area contributed by atoms with Gasteiger partial charge in [0, 0.05) is 18.8 Å². The highest BCUT2D eigenvalue weighted by Crippen LogP contribution is 2.29. The molecule has 0 amide bonds. The van der Waals surface area contributed by atoms with E-state index < -0.39 is 18.3 Å². The molecule has 0 spiro atoms. The number of ether oxygens (including phenoxy) is 2. The van der Waals surface area contributed by atoms with Gasteiger partial charge in [-0.1, -0.05) is 29.3 Å². The molecule has 0 radical (unpaired) electrons. The highest BCUT2D eigenvalue weighted by atomic mass is 35.5. The molecule has 1 fully saturated rings. The highest BCUT2D eigenvalue weighted by Gasteiger charge is 2.43. The van der Waals surface area contributed by atoms with Crippen molar-refractivity contribution < 1.29 is 27.0 Å². The van der Waals surface area contributed by atoms with Gasteiger partial charge in [0.1, 0.15) is 5.75 Å². The molecule has 0 saturated carbocycles. The molecule has 4 rings (SSSR count). The maximum atomic E-state index is 13.1. The summed E-state index contributed by atoms with van der Waals surface area (Å²) in [6, 6.07) is 10.0. The molecule has 1 aliphatic rings. The van der Waals surface area contributed by atoms with Gasteiger partial charge in [-0.3, -0.25) is 0 Å². The maximum absolute atomic E-state index is 13.1. The molecule has 2 aromatic carbocycles. The van der Waals surface area contributed by atoms with E-state index in [1.54, 1.807) is 18.2 Å². The first-order chi connectivity index (χ1) is 17.7. The normalized spacial score (nSPS) is 14.4. The third-order valence-electron chi connectivity index (χ3n) is 4.92. The number of morpholine rings is 1. The van der Waals surface area contributed by atoms with Crippen LogP contribution in [0.25, 0.3) is 0 Å². The van der Waals surface area contributed by atoms with Crippen molar-refractivity contribution in [2.45, 2.75) is 19.1 Å². The topological polar surface area (TPSA) is 97.1 Å². The highest BCUT2D eigenvalue weighted by molar-refractivity contribution is 6.42. The van der Waals surface area contributed by atoms with Crippen molar-refractivity contribution in [1.82, 2.24) is 15.0 Å². The van der Waals surface area contributed by atoms with Gasteiger partial charge < -0.3 is 19.7 Å². The zero-order valence-corrected chi connectivity index (χ0v) is 20.4. The lowest BCUT2D eigenvalue weighted by Gasteiger charge is -2.26. The van der Waals surface area contributed by atoms with Gasteiger partial charge in [0.25, 0.3) is 5.95 Å². The van der Waals surface area contributed by atoms with E-state index in [9.17, 15) is 17.6 Å². The Hall–Kier alpha value is -3.29. The molecule has 1 N–H and O–H groups in total. The number of azo groups is 1.